The molecule has 3 heteroatoms. The molecule has 0 heterocycles. The van der Waals surface area contributed by atoms with Crippen LogP contribution in [0.3, 0.4) is 0 Å². The van der Waals surface area contributed by atoms with Gasteiger partial charge in [-0.2, -0.15) is 0 Å². The van der Waals surface area contributed by atoms with Crippen molar-refractivity contribution >= 4 is 5.91 Å². The standard InChI is InChI=1S/C26H52N2O/c1-4-5-6-7-8-9-10-11-12-13-14-15-16-17-18-19-20-21-22-23-26(29)27-24-25-28(2)3/h11-12H,4-10,13-25H2,1-3H3,(H,27,29)/b12-11+. The minimum atomic E-state index is 0.216. The Morgan fingerprint density at radius 1 is 0.690 bits per heavy atom. The van der Waals surface area contributed by atoms with Gasteiger partial charge in [0.05, 0.1) is 0 Å². The second-order valence-electron chi connectivity index (χ2n) is 8.90. The smallest absolute Gasteiger partial charge is 0.220 e. The molecule has 0 aromatic heterocycles. The normalized spacial score (nSPS) is 11.6. The number of hydrogen-bond acceptors (Lipinski definition) is 2. The molecule has 0 spiro atoms. The summed E-state index contributed by atoms with van der Waals surface area (Å²) in [7, 11) is 4.06. The molecule has 0 aromatic carbocycles. The predicted molar refractivity (Wildman–Crippen MR) is 129 cm³/mol. The van der Waals surface area contributed by atoms with Gasteiger partial charge in [-0.3, -0.25) is 4.79 Å². The lowest BCUT2D eigenvalue weighted by Gasteiger charge is -2.10. The third kappa shape index (κ3) is 25.1. The molecule has 0 aliphatic rings. The second kappa shape index (κ2) is 23.4. The first-order valence-corrected chi connectivity index (χ1v) is 12.7. The van der Waals surface area contributed by atoms with E-state index in [-0.39, 0.29) is 5.91 Å². The number of carbonyl (C=O) groups is 1. The van der Waals surface area contributed by atoms with Gasteiger partial charge in [-0.15, -0.1) is 0 Å². The Kier molecular flexibility index (Phi) is 22.8. The molecule has 0 aliphatic carbocycles. The molecule has 0 aromatic rings. The Labute approximate surface area is 183 Å². The van der Waals surface area contributed by atoms with E-state index >= 15 is 0 Å². The summed E-state index contributed by atoms with van der Waals surface area (Å²) in [6.07, 6.45) is 28.2. The van der Waals surface area contributed by atoms with E-state index < -0.39 is 0 Å². The molecular weight excluding hydrogens is 356 g/mol. The Bertz CT molecular complexity index is 366. The van der Waals surface area contributed by atoms with Gasteiger partial charge < -0.3 is 10.2 Å². The van der Waals surface area contributed by atoms with E-state index in [0.29, 0.717) is 6.42 Å². The highest BCUT2D eigenvalue weighted by Crippen LogP contribution is 2.12. The first-order chi connectivity index (χ1) is 14.2. The summed E-state index contributed by atoms with van der Waals surface area (Å²) in [6.45, 7) is 3.96. The van der Waals surface area contributed by atoms with Crippen molar-refractivity contribution < 1.29 is 4.79 Å². The van der Waals surface area contributed by atoms with Gasteiger partial charge in [-0.1, -0.05) is 96.1 Å². The number of amides is 1. The molecule has 0 aliphatic heterocycles. The zero-order valence-corrected chi connectivity index (χ0v) is 20.2. The summed E-state index contributed by atoms with van der Waals surface area (Å²) < 4.78 is 0. The number of allylic oxidation sites excluding steroid dienone is 2. The molecule has 29 heavy (non-hydrogen) atoms. The van der Waals surface area contributed by atoms with E-state index in [4.69, 9.17) is 0 Å². The fraction of sp³-hybridized carbons (Fsp3) is 0.885. The highest BCUT2D eigenvalue weighted by atomic mass is 16.1. The number of hydrogen-bond donors (Lipinski definition) is 1. The van der Waals surface area contributed by atoms with E-state index in [9.17, 15) is 4.79 Å². The molecule has 0 fully saturated rings. The summed E-state index contributed by atoms with van der Waals surface area (Å²) >= 11 is 0. The number of nitrogens with zero attached hydrogens (tertiary/aromatic N) is 1. The van der Waals surface area contributed by atoms with Crippen molar-refractivity contribution in [3.05, 3.63) is 12.2 Å². The van der Waals surface area contributed by atoms with Gasteiger partial charge in [0.2, 0.25) is 5.91 Å². The fourth-order valence-corrected chi connectivity index (χ4v) is 3.57. The van der Waals surface area contributed by atoms with Gasteiger partial charge >= 0.3 is 0 Å². The zero-order chi connectivity index (χ0) is 21.4. The predicted octanol–water partition coefficient (Wildman–Crippen LogP) is 7.26. The molecule has 1 amide bonds. The fourth-order valence-electron chi connectivity index (χ4n) is 3.57. The summed E-state index contributed by atoms with van der Waals surface area (Å²) in [5.74, 6) is 0.216. The molecule has 0 radical (unpaired) electrons. The SMILES string of the molecule is CCCCCCCC/C=C/CCCCCCCCCCCC(=O)NCCN(C)C. The monoisotopic (exact) mass is 408 g/mol. The molecule has 3 nitrogen and oxygen atoms in total. The number of unbranched alkanes of at least 4 members (excludes halogenated alkanes) is 15. The van der Waals surface area contributed by atoms with Crippen LogP contribution in [0.15, 0.2) is 12.2 Å². The van der Waals surface area contributed by atoms with Crippen LogP contribution in [0.1, 0.15) is 122 Å². The summed E-state index contributed by atoms with van der Waals surface area (Å²) in [4.78, 5) is 13.8. The van der Waals surface area contributed by atoms with Gasteiger partial charge in [-0.05, 0) is 46.2 Å². The Morgan fingerprint density at radius 3 is 1.62 bits per heavy atom. The van der Waals surface area contributed by atoms with Crippen LogP contribution in [-0.4, -0.2) is 38.0 Å². The minimum absolute atomic E-state index is 0.216. The maximum atomic E-state index is 11.7. The summed E-state index contributed by atoms with van der Waals surface area (Å²) in [5.41, 5.74) is 0. The van der Waals surface area contributed by atoms with Crippen molar-refractivity contribution in [2.24, 2.45) is 0 Å². The number of carbonyl (C=O) groups excluding carboxylic acids is 1. The van der Waals surface area contributed by atoms with Crippen LogP contribution in [0, 0.1) is 0 Å². The Balaban J connectivity index is 3.16. The molecule has 0 atom stereocenters. The van der Waals surface area contributed by atoms with Crippen molar-refractivity contribution in [2.75, 3.05) is 27.2 Å². The van der Waals surface area contributed by atoms with E-state index in [2.05, 4.69) is 29.3 Å². The highest BCUT2D eigenvalue weighted by Gasteiger charge is 2.00. The maximum absolute atomic E-state index is 11.7. The van der Waals surface area contributed by atoms with Crippen molar-refractivity contribution in [2.45, 2.75) is 122 Å². The van der Waals surface area contributed by atoms with Crippen LogP contribution >= 0.6 is 0 Å². The average molecular weight is 409 g/mol. The van der Waals surface area contributed by atoms with Crippen molar-refractivity contribution in [1.82, 2.24) is 10.2 Å². The largest absolute Gasteiger partial charge is 0.355 e. The molecule has 0 bridgehead atoms. The lowest BCUT2D eigenvalue weighted by atomic mass is 10.1. The number of nitrogens with one attached hydrogen (secondary N) is 1. The van der Waals surface area contributed by atoms with Crippen LogP contribution in [0.2, 0.25) is 0 Å². The zero-order valence-electron chi connectivity index (χ0n) is 20.2. The topological polar surface area (TPSA) is 32.3 Å². The van der Waals surface area contributed by atoms with Gasteiger partial charge in [-0.25, -0.2) is 0 Å². The minimum Gasteiger partial charge on any atom is -0.355 e. The first kappa shape index (κ1) is 28.2. The summed E-state index contributed by atoms with van der Waals surface area (Å²) in [5, 5.41) is 2.99. The van der Waals surface area contributed by atoms with E-state index in [1.165, 1.54) is 103 Å². The van der Waals surface area contributed by atoms with Gasteiger partial charge in [0.1, 0.15) is 0 Å². The van der Waals surface area contributed by atoms with E-state index in [1.54, 1.807) is 0 Å². The lowest BCUT2D eigenvalue weighted by Crippen LogP contribution is -2.31. The van der Waals surface area contributed by atoms with Crippen molar-refractivity contribution in [1.29, 1.82) is 0 Å². The van der Waals surface area contributed by atoms with Crippen molar-refractivity contribution in [3.63, 3.8) is 0 Å². The molecular formula is C26H52N2O. The molecule has 0 unspecified atom stereocenters. The lowest BCUT2D eigenvalue weighted by molar-refractivity contribution is -0.121. The van der Waals surface area contributed by atoms with Gasteiger partial charge in [0.25, 0.3) is 0 Å². The average Bonchev–Trinajstić information content (AvgIpc) is 2.69. The maximum Gasteiger partial charge on any atom is 0.220 e. The third-order valence-corrected chi connectivity index (χ3v) is 5.55. The van der Waals surface area contributed by atoms with E-state index in [0.717, 1.165) is 19.5 Å². The molecule has 0 saturated heterocycles. The van der Waals surface area contributed by atoms with Crippen LogP contribution in [0.5, 0.6) is 0 Å². The van der Waals surface area contributed by atoms with Gasteiger partial charge in [0.15, 0.2) is 0 Å². The Morgan fingerprint density at radius 2 is 1.14 bits per heavy atom. The highest BCUT2D eigenvalue weighted by molar-refractivity contribution is 5.75. The molecule has 1 N–H and O–H groups in total. The molecule has 172 valence electrons. The van der Waals surface area contributed by atoms with Crippen LogP contribution < -0.4 is 5.32 Å². The number of likely N-dealkylation sites (N-methyl/N-ethyl adjacent to an activating group) is 1. The van der Waals surface area contributed by atoms with Crippen LogP contribution in [-0.2, 0) is 4.79 Å². The van der Waals surface area contributed by atoms with E-state index in [1.807, 2.05) is 14.1 Å². The van der Waals surface area contributed by atoms with Crippen molar-refractivity contribution in [3.8, 4) is 0 Å². The molecule has 0 saturated carbocycles. The number of rotatable bonds is 22. The second-order valence-corrected chi connectivity index (χ2v) is 8.90. The van der Waals surface area contributed by atoms with Crippen LogP contribution in [0.4, 0.5) is 0 Å². The molecule has 0 rings (SSSR count). The quantitative estimate of drug-likeness (QED) is 0.151. The van der Waals surface area contributed by atoms with Gasteiger partial charge in [0, 0.05) is 19.5 Å². The first-order valence-electron chi connectivity index (χ1n) is 12.7. The Hall–Kier alpha value is -0.830. The summed E-state index contributed by atoms with van der Waals surface area (Å²) in [6, 6.07) is 0. The third-order valence-electron chi connectivity index (χ3n) is 5.55. The van der Waals surface area contributed by atoms with Crippen LogP contribution in [0.25, 0.3) is 0 Å².